The third kappa shape index (κ3) is 3.21. The van der Waals surface area contributed by atoms with Gasteiger partial charge in [0.15, 0.2) is 0 Å². The third-order valence-corrected chi connectivity index (χ3v) is 4.34. The molecule has 0 saturated heterocycles. The molecule has 3 rings (SSSR count). The Hall–Kier alpha value is -1.55. The van der Waals surface area contributed by atoms with Gasteiger partial charge in [0, 0.05) is 30.0 Å². The van der Waals surface area contributed by atoms with Crippen molar-refractivity contribution in [1.82, 2.24) is 5.32 Å². The molecule has 5 heteroatoms. The molecule has 1 aromatic rings. The summed E-state index contributed by atoms with van der Waals surface area (Å²) >= 11 is 6.02. The van der Waals surface area contributed by atoms with Crippen LogP contribution < -0.4 is 5.32 Å². The number of hydrogen-bond donors (Lipinski definition) is 1. The van der Waals surface area contributed by atoms with Crippen LogP contribution in [-0.4, -0.2) is 30.0 Å². The van der Waals surface area contributed by atoms with Crippen LogP contribution >= 0.6 is 11.6 Å². The van der Waals surface area contributed by atoms with Crippen molar-refractivity contribution in [3.05, 3.63) is 34.9 Å². The molecule has 1 saturated carbocycles. The lowest BCUT2D eigenvalue weighted by Gasteiger charge is -2.37. The predicted molar refractivity (Wildman–Crippen MR) is 82.7 cm³/mol. The molecule has 2 unspecified atom stereocenters. The van der Waals surface area contributed by atoms with Gasteiger partial charge >= 0.3 is 0 Å². The van der Waals surface area contributed by atoms with Crippen LogP contribution in [0, 0.1) is 0 Å². The van der Waals surface area contributed by atoms with E-state index in [0.717, 1.165) is 31.2 Å². The molecule has 4 nitrogen and oxygen atoms in total. The number of nitrogens with one attached hydrogen (secondary N) is 1. The number of hydrogen-bond acceptors (Lipinski definition) is 3. The molecular weight excluding hydrogens is 288 g/mol. The van der Waals surface area contributed by atoms with E-state index in [2.05, 4.69) is 10.3 Å². The number of nitrogens with zero attached hydrogens (tertiary/aromatic N) is 1. The van der Waals surface area contributed by atoms with Gasteiger partial charge in [0.05, 0.1) is 6.54 Å². The average Bonchev–Trinajstić information content (AvgIpc) is 2.82. The normalized spacial score (nSPS) is 28.1. The molecule has 1 N–H and O–H groups in total. The van der Waals surface area contributed by atoms with Crippen molar-refractivity contribution >= 4 is 23.4 Å². The maximum absolute atomic E-state index is 11.2. The van der Waals surface area contributed by atoms with Crippen LogP contribution in [0.5, 0.6) is 0 Å². The van der Waals surface area contributed by atoms with Crippen molar-refractivity contribution in [2.45, 2.75) is 44.2 Å². The number of benzene rings is 1. The summed E-state index contributed by atoms with van der Waals surface area (Å²) in [4.78, 5) is 15.8. The van der Waals surface area contributed by atoms with Gasteiger partial charge in [-0.25, -0.2) is 4.99 Å². The van der Waals surface area contributed by atoms with Gasteiger partial charge in [-0.15, -0.1) is 0 Å². The molecule has 1 aromatic carbocycles. The topological polar surface area (TPSA) is 50.7 Å². The summed E-state index contributed by atoms with van der Waals surface area (Å²) in [5.74, 6) is 0.687. The summed E-state index contributed by atoms with van der Waals surface area (Å²) in [7, 11) is 0. The standard InChI is InChI=1S/C16H19ClN2O2/c1-11(20)19-14-6-3-7-16(9-14)10-18-15(21-16)12-4-2-5-13(17)8-12/h2,4-5,8,14H,3,6-7,9-10H2,1H3,(H,19,20). The van der Waals surface area contributed by atoms with Crippen LogP contribution in [0.1, 0.15) is 38.2 Å². The molecule has 21 heavy (non-hydrogen) atoms. The molecule has 1 fully saturated rings. The van der Waals surface area contributed by atoms with Crippen LogP contribution in [0.2, 0.25) is 5.02 Å². The first-order chi connectivity index (χ1) is 10.1. The van der Waals surface area contributed by atoms with E-state index < -0.39 is 0 Å². The van der Waals surface area contributed by atoms with E-state index in [-0.39, 0.29) is 17.6 Å². The number of amides is 1. The van der Waals surface area contributed by atoms with Crippen molar-refractivity contribution in [3.63, 3.8) is 0 Å². The summed E-state index contributed by atoms with van der Waals surface area (Å²) in [6.07, 6.45) is 3.86. The molecule has 1 aliphatic heterocycles. The minimum Gasteiger partial charge on any atom is -0.469 e. The molecule has 1 spiro atoms. The zero-order chi connectivity index (χ0) is 14.9. The molecule has 2 aliphatic rings. The molecule has 112 valence electrons. The molecule has 1 amide bonds. The second-order valence-corrected chi connectivity index (χ2v) is 6.35. The lowest BCUT2D eigenvalue weighted by atomic mass is 9.82. The Morgan fingerprint density at radius 3 is 3.14 bits per heavy atom. The molecular formula is C16H19ClN2O2. The summed E-state index contributed by atoms with van der Waals surface area (Å²) in [5.41, 5.74) is 0.657. The number of rotatable bonds is 2. The Labute approximate surface area is 129 Å². The van der Waals surface area contributed by atoms with Crippen LogP contribution in [0.3, 0.4) is 0 Å². The number of ether oxygens (including phenoxy) is 1. The van der Waals surface area contributed by atoms with Crippen molar-refractivity contribution in [3.8, 4) is 0 Å². The van der Waals surface area contributed by atoms with E-state index >= 15 is 0 Å². The average molecular weight is 307 g/mol. The van der Waals surface area contributed by atoms with Gasteiger partial charge < -0.3 is 10.1 Å². The Bertz CT molecular complexity index is 587. The smallest absolute Gasteiger partial charge is 0.217 e. The minimum absolute atomic E-state index is 0.0195. The van der Waals surface area contributed by atoms with Crippen molar-refractivity contribution in [1.29, 1.82) is 0 Å². The van der Waals surface area contributed by atoms with Crippen molar-refractivity contribution in [2.24, 2.45) is 4.99 Å². The van der Waals surface area contributed by atoms with E-state index in [1.807, 2.05) is 24.3 Å². The van der Waals surface area contributed by atoms with Gasteiger partial charge in [0.1, 0.15) is 5.60 Å². The summed E-state index contributed by atoms with van der Waals surface area (Å²) in [5, 5.41) is 3.69. The van der Waals surface area contributed by atoms with Crippen molar-refractivity contribution in [2.75, 3.05) is 6.54 Å². The zero-order valence-corrected chi connectivity index (χ0v) is 12.8. The first-order valence-corrected chi connectivity index (χ1v) is 7.71. The number of aliphatic imine (C=N–C) groups is 1. The summed E-state index contributed by atoms with van der Waals surface area (Å²) < 4.78 is 6.18. The largest absolute Gasteiger partial charge is 0.469 e. The fraction of sp³-hybridized carbons (Fsp3) is 0.500. The fourth-order valence-corrected chi connectivity index (χ4v) is 3.42. The maximum atomic E-state index is 11.2. The number of halogens is 1. The highest BCUT2D eigenvalue weighted by atomic mass is 35.5. The van der Waals surface area contributed by atoms with Crippen LogP contribution in [-0.2, 0) is 9.53 Å². The highest BCUT2D eigenvalue weighted by Crippen LogP contribution is 2.36. The Balaban J connectivity index is 1.71. The second-order valence-electron chi connectivity index (χ2n) is 5.91. The fourth-order valence-electron chi connectivity index (χ4n) is 3.23. The van der Waals surface area contributed by atoms with Gasteiger partial charge in [0.2, 0.25) is 11.8 Å². The SMILES string of the molecule is CC(=O)NC1CCCC2(CN=C(c3cccc(Cl)c3)O2)C1. The Morgan fingerprint density at radius 1 is 1.52 bits per heavy atom. The van der Waals surface area contributed by atoms with Crippen LogP contribution in [0.4, 0.5) is 0 Å². The second kappa shape index (κ2) is 5.68. The Morgan fingerprint density at radius 2 is 2.38 bits per heavy atom. The lowest BCUT2D eigenvalue weighted by molar-refractivity contribution is -0.120. The van der Waals surface area contributed by atoms with Gasteiger partial charge in [-0.2, -0.15) is 0 Å². The summed E-state index contributed by atoms with van der Waals surface area (Å²) in [6.45, 7) is 2.22. The molecule has 0 bridgehead atoms. The zero-order valence-electron chi connectivity index (χ0n) is 12.1. The minimum atomic E-state index is -0.261. The lowest BCUT2D eigenvalue weighted by Crippen LogP contribution is -2.47. The first-order valence-electron chi connectivity index (χ1n) is 7.33. The number of carbonyl (C=O) groups is 1. The molecule has 0 aromatic heterocycles. The van der Waals surface area contributed by atoms with E-state index in [1.54, 1.807) is 6.92 Å². The first kappa shape index (κ1) is 14.4. The van der Waals surface area contributed by atoms with Gasteiger partial charge in [-0.05, 0) is 37.5 Å². The van der Waals surface area contributed by atoms with Gasteiger partial charge in [0.25, 0.3) is 0 Å². The van der Waals surface area contributed by atoms with E-state index in [0.29, 0.717) is 17.5 Å². The van der Waals surface area contributed by atoms with Gasteiger partial charge in [-0.1, -0.05) is 17.7 Å². The maximum Gasteiger partial charge on any atom is 0.217 e. The Kier molecular flexibility index (Phi) is 3.89. The highest BCUT2D eigenvalue weighted by molar-refractivity contribution is 6.31. The predicted octanol–water partition coefficient (Wildman–Crippen LogP) is 2.93. The van der Waals surface area contributed by atoms with Crippen LogP contribution in [0.25, 0.3) is 0 Å². The number of carbonyl (C=O) groups excluding carboxylic acids is 1. The van der Waals surface area contributed by atoms with E-state index in [4.69, 9.17) is 16.3 Å². The highest BCUT2D eigenvalue weighted by Gasteiger charge is 2.42. The third-order valence-electron chi connectivity index (χ3n) is 4.11. The monoisotopic (exact) mass is 306 g/mol. The quantitative estimate of drug-likeness (QED) is 0.913. The molecule has 1 heterocycles. The molecule has 0 radical (unpaired) electrons. The van der Waals surface area contributed by atoms with Crippen LogP contribution in [0.15, 0.2) is 29.3 Å². The van der Waals surface area contributed by atoms with E-state index in [1.165, 1.54) is 0 Å². The van der Waals surface area contributed by atoms with Crippen molar-refractivity contribution < 1.29 is 9.53 Å². The molecule has 2 atom stereocenters. The summed E-state index contributed by atoms with van der Waals surface area (Å²) in [6, 6.07) is 7.75. The molecule has 1 aliphatic carbocycles. The van der Waals surface area contributed by atoms with Gasteiger partial charge in [-0.3, -0.25) is 4.79 Å². The van der Waals surface area contributed by atoms with E-state index in [9.17, 15) is 4.79 Å².